The summed E-state index contributed by atoms with van der Waals surface area (Å²) in [6, 6.07) is 0. The molecule has 0 saturated carbocycles. The van der Waals surface area contributed by atoms with E-state index in [4.69, 9.17) is 0 Å². The van der Waals surface area contributed by atoms with Crippen molar-refractivity contribution in [2.45, 2.75) is 174 Å². The molecule has 8 nitrogen and oxygen atoms in total. The second kappa shape index (κ2) is 26.0. The molecule has 0 atom stereocenters. The lowest BCUT2D eigenvalue weighted by Gasteiger charge is -2.16. The predicted molar refractivity (Wildman–Crippen MR) is 167 cm³/mol. The number of hydrogen-bond donors (Lipinski definition) is 3. The Hall–Kier alpha value is -0.710. The summed E-state index contributed by atoms with van der Waals surface area (Å²) >= 11 is 0. The first-order chi connectivity index (χ1) is 19.1. The maximum absolute atomic E-state index is 12.4. The van der Waals surface area contributed by atoms with E-state index >= 15 is 0 Å². The average Bonchev–Trinajstić information content (AvgIpc) is 2.89. The van der Waals surface area contributed by atoms with Crippen LogP contribution in [0.25, 0.3) is 0 Å². The summed E-state index contributed by atoms with van der Waals surface area (Å²) in [4.78, 5) is 11.6. The van der Waals surface area contributed by atoms with E-state index in [1.807, 2.05) is 9.44 Å². The van der Waals surface area contributed by atoms with Gasteiger partial charge in [0.05, 0.1) is 11.5 Å². The van der Waals surface area contributed by atoms with E-state index in [-0.39, 0.29) is 11.5 Å². The van der Waals surface area contributed by atoms with Gasteiger partial charge in [-0.3, -0.25) is 0 Å². The molecule has 0 radical (unpaired) electrons. The number of aliphatic carboxylic acids is 1. The molecule has 0 aromatic heterocycles. The number of carboxylic acids is 1. The summed E-state index contributed by atoms with van der Waals surface area (Å²) < 4.78 is 53.5. The first kappa shape index (κ1) is 39.3. The number of sulfonamides is 2. The van der Waals surface area contributed by atoms with Crippen LogP contribution in [0.3, 0.4) is 0 Å². The Morgan fingerprint density at radius 1 is 0.475 bits per heavy atom. The molecule has 0 aliphatic rings. The van der Waals surface area contributed by atoms with Crippen LogP contribution in [-0.2, 0) is 24.8 Å². The standard InChI is InChI=1S/C30H62N2O6S2/c1-3-5-7-9-11-13-15-17-19-21-23-25-27-39(35,36)31-29(30(33)34)32-40(37,38)28-26-24-22-20-18-16-14-12-10-8-6-4-2/h29,31-32H,3-28H2,1-2H3,(H,33,34). The Morgan fingerprint density at radius 2 is 0.700 bits per heavy atom. The molecule has 10 heteroatoms. The van der Waals surface area contributed by atoms with Gasteiger partial charge in [-0.05, 0) is 12.8 Å². The van der Waals surface area contributed by atoms with Crippen LogP contribution in [-0.4, -0.2) is 45.6 Å². The lowest BCUT2D eigenvalue weighted by atomic mass is 10.1. The van der Waals surface area contributed by atoms with Gasteiger partial charge in [-0.15, -0.1) is 0 Å². The highest BCUT2D eigenvalue weighted by molar-refractivity contribution is 7.90. The maximum atomic E-state index is 12.4. The molecule has 0 bridgehead atoms. The normalized spacial score (nSPS) is 12.4. The quantitative estimate of drug-likeness (QED) is 0.0546. The third-order valence-corrected chi connectivity index (χ3v) is 10.2. The van der Waals surface area contributed by atoms with Crippen molar-refractivity contribution >= 4 is 26.0 Å². The number of carboxylic acid groups (broad SMARTS) is 1. The van der Waals surface area contributed by atoms with E-state index in [1.165, 1.54) is 89.9 Å². The van der Waals surface area contributed by atoms with E-state index in [9.17, 15) is 26.7 Å². The summed E-state index contributed by atoms with van der Waals surface area (Å²) in [7, 11) is -7.83. The zero-order valence-corrected chi connectivity index (χ0v) is 27.4. The Labute approximate surface area is 247 Å². The van der Waals surface area contributed by atoms with Crippen molar-refractivity contribution in [1.82, 2.24) is 9.44 Å². The lowest BCUT2D eigenvalue weighted by molar-refractivity contribution is -0.139. The molecule has 0 aromatic rings. The van der Waals surface area contributed by atoms with E-state index in [0.717, 1.165) is 51.4 Å². The number of unbranched alkanes of at least 4 members (excludes halogenated alkanes) is 22. The van der Waals surface area contributed by atoms with Crippen LogP contribution in [0.2, 0.25) is 0 Å². The minimum atomic E-state index is -3.92. The summed E-state index contributed by atoms with van der Waals surface area (Å²) in [5.41, 5.74) is 0. The molecule has 40 heavy (non-hydrogen) atoms. The van der Waals surface area contributed by atoms with Crippen LogP contribution >= 0.6 is 0 Å². The minimum absolute atomic E-state index is 0.214. The molecular formula is C30H62N2O6S2. The molecule has 0 unspecified atom stereocenters. The fraction of sp³-hybridized carbons (Fsp3) is 0.967. The molecule has 0 amide bonds. The molecule has 0 saturated heterocycles. The number of carbonyl (C=O) groups is 1. The largest absolute Gasteiger partial charge is 0.479 e. The highest BCUT2D eigenvalue weighted by Gasteiger charge is 2.28. The van der Waals surface area contributed by atoms with Crippen molar-refractivity contribution in [2.75, 3.05) is 11.5 Å². The van der Waals surface area contributed by atoms with Gasteiger partial charge in [0.25, 0.3) is 0 Å². The van der Waals surface area contributed by atoms with Gasteiger partial charge in [0, 0.05) is 0 Å². The molecule has 0 aromatic carbocycles. The Kier molecular flexibility index (Phi) is 25.5. The minimum Gasteiger partial charge on any atom is -0.479 e. The topological polar surface area (TPSA) is 130 Å². The maximum Gasteiger partial charge on any atom is 0.337 e. The van der Waals surface area contributed by atoms with Crippen molar-refractivity contribution in [2.24, 2.45) is 0 Å². The van der Waals surface area contributed by atoms with Crippen molar-refractivity contribution in [3.8, 4) is 0 Å². The van der Waals surface area contributed by atoms with Crippen molar-refractivity contribution in [3.05, 3.63) is 0 Å². The molecule has 0 spiro atoms. The smallest absolute Gasteiger partial charge is 0.337 e. The number of rotatable bonds is 31. The highest BCUT2D eigenvalue weighted by Crippen LogP contribution is 2.13. The Morgan fingerprint density at radius 3 is 0.925 bits per heavy atom. The molecule has 0 heterocycles. The molecule has 240 valence electrons. The van der Waals surface area contributed by atoms with Gasteiger partial charge >= 0.3 is 5.97 Å². The second-order valence-electron chi connectivity index (χ2n) is 11.4. The van der Waals surface area contributed by atoms with Crippen LogP contribution in [0.4, 0.5) is 0 Å². The molecule has 3 N–H and O–H groups in total. The SMILES string of the molecule is CCCCCCCCCCCCCCS(=O)(=O)NC(NS(=O)(=O)CCCCCCCCCCCCCC)C(=O)O. The van der Waals surface area contributed by atoms with E-state index in [2.05, 4.69) is 13.8 Å². The van der Waals surface area contributed by atoms with E-state index in [1.54, 1.807) is 0 Å². The summed E-state index contributed by atoms with van der Waals surface area (Å²) in [5, 5.41) is 9.39. The molecule has 0 fully saturated rings. The van der Waals surface area contributed by atoms with Gasteiger partial charge in [0.2, 0.25) is 20.0 Å². The summed E-state index contributed by atoms with van der Waals surface area (Å²) in [6.45, 7) is 4.43. The van der Waals surface area contributed by atoms with Crippen LogP contribution in [0.15, 0.2) is 0 Å². The highest BCUT2D eigenvalue weighted by atomic mass is 32.2. The van der Waals surface area contributed by atoms with Crippen LogP contribution < -0.4 is 9.44 Å². The fourth-order valence-corrected chi connectivity index (χ4v) is 7.38. The van der Waals surface area contributed by atoms with Gasteiger partial charge in [-0.1, -0.05) is 155 Å². The second-order valence-corrected chi connectivity index (χ2v) is 15.2. The summed E-state index contributed by atoms with van der Waals surface area (Å²) in [5.74, 6) is -1.99. The first-order valence-electron chi connectivity index (χ1n) is 16.4. The molecular weight excluding hydrogens is 548 g/mol. The number of hydrogen-bond acceptors (Lipinski definition) is 5. The van der Waals surface area contributed by atoms with Crippen molar-refractivity contribution in [3.63, 3.8) is 0 Å². The third kappa shape index (κ3) is 26.2. The lowest BCUT2D eigenvalue weighted by Crippen LogP contribution is -2.53. The van der Waals surface area contributed by atoms with Gasteiger partial charge in [0.15, 0.2) is 6.17 Å². The zero-order valence-electron chi connectivity index (χ0n) is 25.8. The fourth-order valence-electron chi connectivity index (χ4n) is 4.87. The van der Waals surface area contributed by atoms with Crippen LogP contribution in [0, 0.1) is 0 Å². The number of nitrogens with one attached hydrogen (secondary N) is 2. The van der Waals surface area contributed by atoms with Gasteiger partial charge in [-0.25, -0.2) is 21.6 Å². The van der Waals surface area contributed by atoms with Gasteiger partial charge in [-0.2, -0.15) is 9.44 Å². The Bertz CT molecular complexity index is 743. The van der Waals surface area contributed by atoms with Crippen LogP contribution in [0.5, 0.6) is 0 Å². The first-order valence-corrected chi connectivity index (χ1v) is 19.7. The third-order valence-electron chi connectivity index (χ3n) is 7.38. The van der Waals surface area contributed by atoms with Gasteiger partial charge < -0.3 is 5.11 Å². The average molecular weight is 611 g/mol. The van der Waals surface area contributed by atoms with E-state index < -0.39 is 32.2 Å². The molecule has 0 aliphatic heterocycles. The monoisotopic (exact) mass is 610 g/mol. The van der Waals surface area contributed by atoms with Crippen LogP contribution in [0.1, 0.15) is 168 Å². The predicted octanol–water partition coefficient (Wildman–Crippen LogP) is 7.64. The Balaban J connectivity index is 4.03. The van der Waals surface area contributed by atoms with Crippen molar-refractivity contribution < 1.29 is 26.7 Å². The van der Waals surface area contributed by atoms with Crippen molar-refractivity contribution in [1.29, 1.82) is 0 Å². The molecule has 0 rings (SSSR count). The summed E-state index contributed by atoms with van der Waals surface area (Å²) in [6.07, 6.45) is 24.7. The molecule has 0 aliphatic carbocycles. The van der Waals surface area contributed by atoms with E-state index in [0.29, 0.717) is 12.8 Å². The van der Waals surface area contributed by atoms with Gasteiger partial charge in [0.1, 0.15) is 0 Å². The zero-order chi connectivity index (χ0) is 30.0.